The molecule has 23 heavy (non-hydrogen) atoms. The Morgan fingerprint density at radius 2 is 2.00 bits per heavy atom. The fraction of sp³-hybridized carbons (Fsp3) is 0.167. The van der Waals surface area contributed by atoms with Crippen LogP contribution in [0.3, 0.4) is 0 Å². The summed E-state index contributed by atoms with van der Waals surface area (Å²) in [6.07, 6.45) is 2.94. The van der Waals surface area contributed by atoms with Gasteiger partial charge in [-0.15, -0.1) is 0 Å². The van der Waals surface area contributed by atoms with Gasteiger partial charge in [0.05, 0.1) is 5.56 Å². The summed E-state index contributed by atoms with van der Waals surface area (Å²) in [6.45, 7) is 2.52. The lowest BCUT2D eigenvalue weighted by atomic mass is 10.1. The van der Waals surface area contributed by atoms with Gasteiger partial charge in [-0.25, -0.2) is 9.67 Å². The fourth-order valence-corrected chi connectivity index (χ4v) is 2.27. The lowest BCUT2D eigenvalue weighted by molar-refractivity contribution is 0.0963. The molecule has 3 rings (SSSR count). The van der Waals surface area contributed by atoms with Gasteiger partial charge in [0.25, 0.3) is 0 Å². The van der Waals surface area contributed by atoms with Crippen molar-refractivity contribution in [2.75, 3.05) is 0 Å². The van der Waals surface area contributed by atoms with Crippen LogP contribution in [-0.4, -0.2) is 20.5 Å². The van der Waals surface area contributed by atoms with Crippen LogP contribution >= 0.6 is 0 Å². The van der Waals surface area contributed by atoms with Crippen LogP contribution in [0.25, 0.3) is 0 Å². The number of ether oxygens (including phenoxy) is 1. The molecule has 0 fully saturated rings. The van der Waals surface area contributed by atoms with E-state index in [0.29, 0.717) is 17.9 Å². The van der Waals surface area contributed by atoms with Crippen molar-refractivity contribution in [3.63, 3.8) is 0 Å². The summed E-state index contributed by atoms with van der Waals surface area (Å²) in [4.78, 5) is 16.4. The van der Waals surface area contributed by atoms with Gasteiger partial charge in [-0.05, 0) is 24.6 Å². The average molecular weight is 307 g/mol. The van der Waals surface area contributed by atoms with Crippen molar-refractivity contribution in [3.8, 4) is 5.75 Å². The van der Waals surface area contributed by atoms with E-state index in [4.69, 9.17) is 4.74 Å². The summed E-state index contributed by atoms with van der Waals surface area (Å²) in [5, 5.41) is 3.97. The Hall–Kier alpha value is -2.95. The molecular formula is C18H17N3O2. The van der Waals surface area contributed by atoms with E-state index in [1.807, 2.05) is 55.5 Å². The predicted octanol–water partition coefficient (Wildman–Crippen LogP) is 3.05. The number of hydrogen-bond acceptors (Lipinski definition) is 4. The number of nitrogens with zero attached hydrogens (tertiary/aromatic N) is 3. The van der Waals surface area contributed by atoms with Crippen molar-refractivity contribution >= 4 is 5.78 Å². The van der Waals surface area contributed by atoms with E-state index in [1.54, 1.807) is 0 Å². The van der Waals surface area contributed by atoms with Crippen molar-refractivity contribution in [2.24, 2.45) is 0 Å². The monoisotopic (exact) mass is 307 g/mol. The average Bonchev–Trinajstić information content (AvgIpc) is 3.07. The molecule has 0 aliphatic heterocycles. The third-order valence-electron chi connectivity index (χ3n) is 3.44. The minimum absolute atomic E-state index is 0.0535. The highest BCUT2D eigenvalue weighted by atomic mass is 16.5. The van der Waals surface area contributed by atoms with Crippen LogP contribution in [0.15, 0.2) is 61.2 Å². The molecule has 2 aromatic carbocycles. The maximum absolute atomic E-state index is 12.5. The van der Waals surface area contributed by atoms with Crippen LogP contribution in [0.4, 0.5) is 0 Å². The van der Waals surface area contributed by atoms with Crippen molar-refractivity contribution < 1.29 is 9.53 Å². The second-order valence-electron chi connectivity index (χ2n) is 5.29. The highest BCUT2D eigenvalue weighted by molar-refractivity contribution is 5.98. The van der Waals surface area contributed by atoms with E-state index in [9.17, 15) is 4.79 Å². The molecule has 116 valence electrons. The standard InChI is InChI=1S/C18H17N3O2/c1-14-7-8-18(23-11-15-5-3-2-4-6-15)16(9-14)17(22)10-21-13-19-12-20-21/h2-9,12-13H,10-11H2,1H3. The van der Waals surface area contributed by atoms with Crippen molar-refractivity contribution in [3.05, 3.63) is 77.9 Å². The molecule has 0 N–H and O–H groups in total. The first-order valence-electron chi connectivity index (χ1n) is 7.35. The molecule has 0 saturated carbocycles. The van der Waals surface area contributed by atoms with Gasteiger partial charge in [0, 0.05) is 0 Å². The van der Waals surface area contributed by atoms with Crippen LogP contribution in [0.1, 0.15) is 21.5 Å². The summed E-state index contributed by atoms with van der Waals surface area (Å²) in [5.41, 5.74) is 2.64. The third kappa shape index (κ3) is 3.83. The van der Waals surface area contributed by atoms with Crippen molar-refractivity contribution in [1.29, 1.82) is 0 Å². The Morgan fingerprint density at radius 3 is 2.74 bits per heavy atom. The number of rotatable bonds is 6. The normalized spacial score (nSPS) is 10.5. The second-order valence-corrected chi connectivity index (χ2v) is 5.29. The van der Waals surface area contributed by atoms with Gasteiger partial charge in [0.1, 0.15) is 31.6 Å². The van der Waals surface area contributed by atoms with Crippen molar-refractivity contribution in [2.45, 2.75) is 20.1 Å². The topological polar surface area (TPSA) is 57.0 Å². The first kappa shape index (κ1) is 15.0. The molecule has 0 radical (unpaired) electrons. The van der Waals surface area contributed by atoms with Crippen LogP contribution < -0.4 is 4.74 Å². The highest BCUT2D eigenvalue weighted by Crippen LogP contribution is 2.22. The summed E-state index contributed by atoms with van der Waals surface area (Å²) in [6, 6.07) is 15.5. The molecule has 0 atom stereocenters. The minimum Gasteiger partial charge on any atom is -0.488 e. The Kier molecular flexibility index (Phi) is 4.47. The lowest BCUT2D eigenvalue weighted by Gasteiger charge is -2.12. The molecule has 0 saturated heterocycles. The first-order chi connectivity index (χ1) is 11.2. The number of carbonyl (C=O) groups excluding carboxylic acids is 1. The fourth-order valence-electron chi connectivity index (χ4n) is 2.27. The highest BCUT2D eigenvalue weighted by Gasteiger charge is 2.14. The van der Waals surface area contributed by atoms with E-state index in [1.165, 1.54) is 17.3 Å². The number of carbonyl (C=O) groups is 1. The molecule has 0 amide bonds. The third-order valence-corrected chi connectivity index (χ3v) is 3.44. The number of aryl methyl sites for hydroxylation is 1. The lowest BCUT2D eigenvalue weighted by Crippen LogP contribution is -2.12. The summed E-state index contributed by atoms with van der Waals surface area (Å²) >= 11 is 0. The van der Waals surface area contributed by atoms with E-state index < -0.39 is 0 Å². The molecule has 0 bridgehead atoms. The van der Waals surface area contributed by atoms with Gasteiger partial charge in [-0.2, -0.15) is 5.10 Å². The van der Waals surface area contributed by atoms with E-state index >= 15 is 0 Å². The second kappa shape index (κ2) is 6.87. The minimum atomic E-state index is -0.0535. The maximum Gasteiger partial charge on any atom is 0.188 e. The Bertz CT molecular complexity index is 783. The maximum atomic E-state index is 12.5. The zero-order valence-corrected chi connectivity index (χ0v) is 12.8. The first-order valence-corrected chi connectivity index (χ1v) is 7.35. The predicted molar refractivity (Wildman–Crippen MR) is 86.3 cm³/mol. The quantitative estimate of drug-likeness (QED) is 0.657. The number of Topliss-reactive ketones (excluding diaryl/α,β-unsaturated/α-hetero) is 1. The van der Waals surface area contributed by atoms with Crippen LogP contribution in [0.5, 0.6) is 5.75 Å². The number of benzene rings is 2. The Labute approximate surface area is 134 Å². The molecule has 3 aromatic rings. The van der Waals surface area contributed by atoms with Gasteiger partial charge >= 0.3 is 0 Å². The smallest absolute Gasteiger partial charge is 0.188 e. The van der Waals surface area contributed by atoms with Gasteiger partial charge in [0.15, 0.2) is 5.78 Å². The number of ketones is 1. The Morgan fingerprint density at radius 1 is 1.17 bits per heavy atom. The van der Waals surface area contributed by atoms with Crippen LogP contribution in [-0.2, 0) is 13.2 Å². The summed E-state index contributed by atoms with van der Waals surface area (Å²) in [5.74, 6) is 0.534. The zero-order chi connectivity index (χ0) is 16.1. The number of hydrogen-bond donors (Lipinski definition) is 0. The zero-order valence-electron chi connectivity index (χ0n) is 12.8. The SMILES string of the molecule is Cc1ccc(OCc2ccccc2)c(C(=O)Cn2cncn2)c1. The van der Waals surface area contributed by atoms with Gasteiger partial charge in [-0.3, -0.25) is 4.79 Å². The van der Waals surface area contributed by atoms with Crippen LogP contribution in [0.2, 0.25) is 0 Å². The number of aromatic nitrogens is 3. The Balaban J connectivity index is 1.78. The molecule has 0 unspecified atom stereocenters. The van der Waals surface area contributed by atoms with E-state index in [0.717, 1.165) is 11.1 Å². The molecule has 1 aromatic heterocycles. The molecule has 0 spiro atoms. The molecule has 1 heterocycles. The van der Waals surface area contributed by atoms with Gasteiger partial charge in [-0.1, -0.05) is 42.0 Å². The van der Waals surface area contributed by atoms with E-state index in [-0.39, 0.29) is 12.3 Å². The summed E-state index contributed by atoms with van der Waals surface area (Å²) in [7, 11) is 0. The van der Waals surface area contributed by atoms with Gasteiger partial charge in [0.2, 0.25) is 0 Å². The van der Waals surface area contributed by atoms with E-state index in [2.05, 4.69) is 10.1 Å². The molecule has 0 aliphatic rings. The summed E-state index contributed by atoms with van der Waals surface area (Å²) < 4.78 is 7.36. The molecule has 5 heteroatoms. The van der Waals surface area contributed by atoms with Gasteiger partial charge < -0.3 is 4.74 Å². The largest absolute Gasteiger partial charge is 0.488 e. The molecule has 0 aliphatic carbocycles. The molecular weight excluding hydrogens is 290 g/mol. The van der Waals surface area contributed by atoms with Crippen molar-refractivity contribution in [1.82, 2.24) is 14.8 Å². The van der Waals surface area contributed by atoms with Crippen LogP contribution in [0, 0.1) is 6.92 Å². The molecule has 5 nitrogen and oxygen atoms in total.